The van der Waals surface area contributed by atoms with Crippen LogP contribution >= 0.6 is 0 Å². The van der Waals surface area contributed by atoms with Crippen LogP contribution in [0.2, 0.25) is 0 Å². The van der Waals surface area contributed by atoms with E-state index >= 15 is 0 Å². The lowest BCUT2D eigenvalue weighted by molar-refractivity contribution is 0.103. The van der Waals surface area contributed by atoms with Crippen LogP contribution in [0.15, 0.2) is 78.9 Å². The molecule has 0 amide bonds. The molecule has 0 radical (unpaired) electrons. The summed E-state index contributed by atoms with van der Waals surface area (Å²) >= 11 is 0. The normalized spacial score (nSPS) is 11.8. The number of benzene rings is 3. The first-order valence-corrected chi connectivity index (χ1v) is 9.09. The first-order chi connectivity index (χ1) is 12.7. The summed E-state index contributed by atoms with van der Waals surface area (Å²) in [6.45, 7) is 4.96. The van der Waals surface area contributed by atoms with E-state index in [0.717, 1.165) is 17.7 Å². The second-order valence-corrected chi connectivity index (χ2v) is 6.56. The van der Waals surface area contributed by atoms with Gasteiger partial charge in [-0.1, -0.05) is 68.4 Å². The number of carbonyl (C=O) groups excluding carboxylic acids is 1. The number of rotatable bonds is 7. The fourth-order valence-corrected chi connectivity index (χ4v) is 2.85. The van der Waals surface area contributed by atoms with Gasteiger partial charge in [-0.3, -0.25) is 4.79 Å². The van der Waals surface area contributed by atoms with Gasteiger partial charge in [-0.05, 0) is 47.7 Å². The molecule has 0 heterocycles. The number of ether oxygens (including phenoxy) is 1. The Morgan fingerprint density at radius 3 is 2.27 bits per heavy atom. The van der Waals surface area contributed by atoms with Gasteiger partial charge in [-0.15, -0.1) is 0 Å². The minimum atomic E-state index is 0.0263. The van der Waals surface area contributed by atoms with Crippen LogP contribution in [0.1, 0.15) is 53.2 Å². The molecule has 26 heavy (non-hydrogen) atoms. The summed E-state index contributed by atoms with van der Waals surface area (Å²) in [6, 6.07) is 25.2. The highest BCUT2D eigenvalue weighted by Crippen LogP contribution is 2.21. The Balaban J connectivity index is 1.64. The summed E-state index contributed by atoms with van der Waals surface area (Å²) in [5.74, 6) is 1.35. The van der Waals surface area contributed by atoms with Gasteiger partial charge >= 0.3 is 0 Å². The third-order valence-corrected chi connectivity index (χ3v) is 4.69. The Morgan fingerprint density at radius 2 is 1.58 bits per heavy atom. The van der Waals surface area contributed by atoms with Crippen molar-refractivity contribution in [2.75, 3.05) is 0 Å². The van der Waals surface area contributed by atoms with Crippen LogP contribution < -0.4 is 4.74 Å². The van der Waals surface area contributed by atoms with E-state index in [1.807, 2.05) is 54.6 Å². The Kier molecular flexibility index (Phi) is 5.85. The summed E-state index contributed by atoms with van der Waals surface area (Å²) in [6.07, 6.45) is 1.13. The predicted molar refractivity (Wildman–Crippen MR) is 106 cm³/mol. The lowest BCUT2D eigenvalue weighted by Gasteiger charge is -2.12. The highest BCUT2D eigenvalue weighted by Gasteiger charge is 2.08. The summed E-state index contributed by atoms with van der Waals surface area (Å²) < 4.78 is 5.89. The van der Waals surface area contributed by atoms with E-state index in [1.165, 1.54) is 5.56 Å². The molecule has 0 fully saturated rings. The van der Waals surface area contributed by atoms with E-state index in [0.29, 0.717) is 23.7 Å². The van der Waals surface area contributed by atoms with Crippen LogP contribution in [0.3, 0.4) is 0 Å². The topological polar surface area (TPSA) is 26.3 Å². The molecule has 2 heteroatoms. The monoisotopic (exact) mass is 344 g/mol. The lowest BCUT2D eigenvalue weighted by atomic mass is 9.97. The fraction of sp³-hybridized carbons (Fsp3) is 0.208. The van der Waals surface area contributed by atoms with E-state index in [4.69, 9.17) is 4.74 Å². The highest BCUT2D eigenvalue weighted by molar-refractivity contribution is 6.08. The third kappa shape index (κ3) is 4.40. The molecule has 0 aliphatic heterocycles. The molecule has 0 saturated heterocycles. The fourth-order valence-electron chi connectivity index (χ4n) is 2.85. The van der Waals surface area contributed by atoms with Gasteiger partial charge in [-0.2, -0.15) is 0 Å². The third-order valence-electron chi connectivity index (χ3n) is 4.69. The van der Waals surface area contributed by atoms with Crippen molar-refractivity contribution in [3.63, 3.8) is 0 Å². The van der Waals surface area contributed by atoms with Crippen LogP contribution in [0.25, 0.3) is 0 Å². The minimum absolute atomic E-state index is 0.0263. The maximum Gasteiger partial charge on any atom is 0.193 e. The second-order valence-electron chi connectivity index (χ2n) is 6.56. The first-order valence-electron chi connectivity index (χ1n) is 9.09. The van der Waals surface area contributed by atoms with Crippen molar-refractivity contribution in [2.45, 2.75) is 32.8 Å². The van der Waals surface area contributed by atoms with Gasteiger partial charge in [0.05, 0.1) is 0 Å². The maximum absolute atomic E-state index is 12.4. The number of hydrogen-bond acceptors (Lipinski definition) is 2. The minimum Gasteiger partial charge on any atom is -0.489 e. The van der Waals surface area contributed by atoms with Crippen molar-refractivity contribution >= 4 is 5.78 Å². The number of ketones is 1. The molecule has 0 bridgehead atoms. The molecular formula is C24H24O2. The van der Waals surface area contributed by atoms with E-state index in [-0.39, 0.29) is 5.78 Å². The van der Waals surface area contributed by atoms with Crippen molar-refractivity contribution in [3.05, 3.63) is 101 Å². The van der Waals surface area contributed by atoms with Gasteiger partial charge in [0.2, 0.25) is 0 Å². The SMILES string of the molecule is CCC(C)c1cccc(COc2ccc(C(=O)c3ccccc3)cc2)c1. The van der Waals surface area contributed by atoms with Crippen molar-refractivity contribution < 1.29 is 9.53 Å². The Labute approximate surface area is 155 Å². The van der Waals surface area contributed by atoms with Crippen molar-refractivity contribution in [3.8, 4) is 5.75 Å². The summed E-state index contributed by atoms with van der Waals surface area (Å²) in [5.41, 5.74) is 3.87. The Bertz CT molecular complexity index is 851. The zero-order valence-corrected chi connectivity index (χ0v) is 15.3. The van der Waals surface area contributed by atoms with Gasteiger partial charge in [0, 0.05) is 11.1 Å². The van der Waals surface area contributed by atoms with Gasteiger partial charge < -0.3 is 4.74 Å². The largest absolute Gasteiger partial charge is 0.489 e. The smallest absolute Gasteiger partial charge is 0.193 e. The number of hydrogen-bond donors (Lipinski definition) is 0. The van der Waals surface area contributed by atoms with Crippen molar-refractivity contribution in [1.82, 2.24) is 0 Å². The van der Waals surface area contributed by atoms with Gasteiger partial charge in [0.25, 0.3) is 0 Å². The molecule has 0 N–H and O–H groups in total. The molecule has 3 aromatic carbocycles. The quantitative estimate of drug-likeness (QED) is 0.491. The molecule has 3 rings (SSSR count). The highest BCUT2D eigenvalue weighted by atomic mass is 16.5. The van der Waals surface area contributed by atoms with Crippen LogP contribution in [-0.4, -0.2) is 5.78 Å². The van der Waals surface area contributed by atoms with Gasteiger partial charge in [0.1, 0.15) is 12.4 Å². The van der Waals surface area contributed by atoms with E-state index < -0.39 is 0 Å². The van der Waals surface area contributed by atoms with E-state index in [1.54, 1.807) is 0 Å². The number of carbonyl (C=O) groups is 1. The zero-order chi connectivity index (χ0) is 18.4. The summed E-state index contributed by atoms with van der Waals surface area (Å²) in [5, 5.41) is 0. The Morgan fingerprint density at radius 1 is 0.885 bits per heavy atom. The zero-order valence-electron chi connectivity index (χ0n) is 15.3. The summed E-state index contributed by atoms with van der Waals surface area (Å²) in [4.78, 5) is 12.4. The molecule has 0 saturated carbocycles. The molecule has 2 nitrogen and oxygen atoms in total. The molecule has 132 valence electrons. The van der Waals surface area contributed by atoms with Crippen molar-refractivity contribution in [1.29, 1.82) is 0 Å². The molecule has 0 aliphatic carbocycles. The van der Waals surface area contributed by atoms with Gasteiger partial charge in [-0.25, -0.2) is 0 Å². The van der Waals surface area contributed by atoms with Gasteiger partial charge in [0.15, 0.2) is 5.78 Å². The second kappa shape index (κ2) is 8.48. The summed E-state index contributed by atoms with van der Waals surface area (Å²) in [7, 11) is 0. The maximum atomic E-state index is 12.4. The predicted octanol–water partition coefficient (Wildman–Crippen LogP) is 6.01. The lowest BCUT2D eigenvalue weighted by Crippen LogP contribution is -2.01. The molecule has 0 spiro atoms. The van der Waals surface area contributed by atoms with Crippen molar-refractivity contribution in [2.24, 2.45) is 0 Å². The Hall–Kier alpha value is -2.87. The van der Waals surface area contributed by atoms with Crippen LogP contribution in [0, 0.1) is 0 Å². The standard InChI is InChI=1S/C24H24O2/c1-3-18(2)22-11-7-8-19(16-22)17-26-23-14-12-21(13-15-23)24(25)20-9-5-4-6-10-20/h4-16,18H,3,17H2,1-2H3. The van der Waals surface area contributed by atoms with Crippen LogP contribution in [0.5, 0.6) is 5.75 Å². The van der Waals surface area contributed by atoms with Crippen LogP contribution in [0.4, 0.5) is 0 Å². The molecule has 1 unspecified atom stereocenters. The van der Waals surface area contributed by atoms with Crippen LogP contribution in [-0.2, 0) is 6.61 Å². The molecule has 0 aromatic heterocycles. The molecule has 3 aromatic rings. The first kappa shape index (κ1) is 17.9. The molecular weight excluding hydrogens is 320 g/mol. The molecule has 1 atom stereocenters. The van der Waals surface area contributed by atoms with E-state index in [9.17, 15) is 4.79 Å². The average molecular weight is 344 g/mol. The van der Waals surface area contributed by atoms with E-state index in [2.05, 4.69) is 38.1 Å². The average Bonchev–Trinajstić information content (AvgIpc) is 2.72. The molecule has 0 aliphatic rings.